The number of rotatable bonds is 4. The molecule has 0 bridgehead atoms. The molecule has 1 atom stereocenters. The van der Waals surface area contributed by atoms with Gasteiger partial charge in [-0.05, 0) is 6.92 Å². The first kappa shape index (κ1) is 15.2. The topological polar surface area (TPSA) is 49.4 Å². The number of sulfone groups is 1. The van der Waals surface area contributed by atoms with Crippen LogP contribution in [0.4, 0.5) is 0 Å². The van der Waals surface area contributed by atoms with Crippen LogP contribution < -0.4 is 5.32 Å². The first-order valence-electron chi connectivity index (χ1n) is 5.20. The molecule has 0 radical (unpaired) electrons. The van der Waals surface area contributed by atoms with Crippen molar-refractivity contribution in [2.75, 3.05) is 37.7 Å². The van der Waals surface area contributed by atoms with E-state index in [0.29, 0.717) is 18.3 Å². The molecule has 1 fully saturated rings. The van der Waals surface area contributed by atoms with E-state index in [4.69, 9.17) is 0 Å². The summed E-state index contributed by atoms with van der Waals surface area (Å²) in [6.07, 6.45) is 0. The van der Waals surface area contributed by atoms with Crippen LogP contribution >= 0.6 is 12.4 Å². The average Bonchev–Trinajstić information content (AvgIpc) is 2.17. The molecule has 15 heavy (non-hydrogen) atoms. The van der Waals surface area contributed by atoms with E-state index in [9.17, 15) is 8.42 Å². The van der Waals surface area contributed by atoms with Crippen molar-refractivity contribution in [1.29, 1.82) is 0 Å². The molecular weight excluding hydrogens is 236 g/mol. The minimum absolute atomic E-state index is 0. The Morgan fingerprint density at radius 3 is 2.67 bits per heavy atom. The molecule has 1 rings (SSSR count). The van der Waals surface area contributed by atoms with Gasteiger partial charge in [0, 0.05) is 38.0 Å². The molecule has 0 unspecified atom stereocenters. The van der Waals surface area contributed by atoms with Gasteiger partial charge in [-0.2, -0.15) is 0 Å². The smallest absolute Gasteiger partial charge is 0.151 e. The Hall–Kier alpha value is 0.160. The highest BCUT2D eigenvalue weighted by Gasteiger charge is 2.19. The van der Waals surface area contributed by atoms with Crippen molar-refractivity contribution in [2.24, 2.45) is 0 Å². The fourth-order valence-corrected chi connectivity index (χ4v) is 2.42. The zero-order valence-corrected chi connectivity index (χ0v) is 11.0. The second-order valence-electron chi connectivity index (χ2n) is 3.83. The molecule has 0 amide bonds. The molecule has 4 nitrogen and oxygen atoms in total. The maximum absolute atomic E-state index is 11.3. The van der Waals surface area contributed by atoms with Crippen molar-refractivity contribution in [1.82, 2.24) is 10.2 Å². The van der Waals surface area contributed by atoms with Crippen molar-refractivity contribution >= 4 is 22.2 Å². The van der Waals surface area contributed by atoms with E-state index in [1.165, 1.54) is 0 Å². The summed E-state index contributed by atoms with van der Waals surface area (Å²) in [6, 6.07) is 0.454. The summed E-state index contributed by atoms with van der Waals surface area (Å²) >= 11 is 0. The van der Waals surface area contributed by atoms with Crippen LogP contribution in [0.1, 0.15) is 13.8 Å². The van der Waals surface area contributed by atoms with Gasteiger partial charge in [0.1, 0.15) is 0 Å². The summed E-state index contributed by atoms with van der Waals surface area (Å²) < 4.78 is 22.6. The summed E-state index contributed by atoms with van der Waals surface area (Å²) in [7, 11) is -2.80. The van der Waals surface area contributed by atoms with Crippen LogP contribution in [0.2, 0.25) is 0 Å². The Balaban J connectivity index is 0.00000196. The van der Waals surface area contributed by atoms with E-state index < -0.39 is 9.84 Å². The predicted octanol–water partition coefficient (Wildman–Crippen LogP) is 0.137. The second kappa shape index (κ2) is 6.68. The fraction of sp³-hybridized carbons (Fsp3) is 1.00. The molecule has 1 aliphatic rings. The molecule has 0 aromatic carbocycles. The van der Waals surface area contributed by atoms with Crippen LogP contribution in [0.15, 0.2) is 0 Å². The summed E-state index contributed by atoms with van der Waals surface area (Å²) in [5.41, 5.74) is 0. The lowest BCUT2D eigenvalue weighted by atomic mass is 10.2. The summed E-state index contributed by atoms with van der Waals surface area (Å²) in [6.45, 7) is 7.41. The Kier molecular flexibility index (Phi) is 6.75. The highest BCUT2D eigenvalue weighted by atomic mass is 35.5. The number of nitrogens with zero attached hydrogens (tertiary/aromatic N) is 1. The van der Waals surface area contributed by atoms with E-state index in [2.05, 4.69) is 17.1 Å². The quantitative estimate of drug-likeness (QED) is 0.777. The zero-order valence-electron chi connectivity index (χ0n) is 9.40. The van der Waals surface area contributed by atoms with Gasteiger partial charge in [-0.25, -0.2) is 8.42 Å². The van der Waals surface area contributed by atoms with Gasteiger partial charge in [0.05, 0.1) is 5.75 Å². The Labute approximate surface area is 98.7 Å². The fourth-order valence-electron chi connectivity index (χ4n) is 1.62. The molecular formula is C9H21ClN2O2S. The lowest BCUT2D eigenvalue weighted by molar-refractivity contribution is 0.184. The minimum Gasteiger partial charge on any atom is -0.314 e. The first-order valence-corrected chi connectivity index (χ1v) is 7.02. The third-order valence-electron chi connectivity index (χ3n) is 2.77. The Morgan fingerprint density at radius 1 is 1.47 bits per heavy atom. The summed E-state index contributed by atoms with van der Waals surface area (Å²) in [4.78, 5) is 2.24. The molecule has 0 aromatic heterocycles. The standard InChI is InChI=1S/C9H20N2O2S.ClH/c1-3-14(12,13)7-6-11-5-4-10-8-9(11)2;/h9-10H,3-8H2,1-2H3;1H/t9-;/m0./s1. The third-order valence-corrected chi connectivity index (χ3v) is 4.45. The number of halogens is 1. The molecule has 0 aliphatic carbocycles. The molecule has 1 aliphatic heterocycles. The van der Waals surface area contributed by atoms with Crippen LogP contribution in [0.5, 0.6) is 0 Å². The number of nitrogens with one attached hydrogen (secondary N) is 1. The predicted molar refractivity (Wildman–Crippen MR) is 65.5 cm³/mol. The van der Waals surface area contributed by atoms with Gasteiger partial charge >= 0.3 is 0 Å². The molecule has 92 valence electrons. The Bertz CT molecular complexity index is 269. The highest BCUT2D eigenvalue weighted by Crippen LogP contribution is 2.02. The van der Waals surface area contributed by atoms with E-state index >= 15 is 0 Å². The van der Waals surface area contributed by atoms with Gasteiger partial charge in [0.25, 0.3) is 0 Å². The van der Waals surface area contributed by atoms with Crippen molar-refractivity contribution < 1.29 is 8.42 Å². The molecule has 6 heteroatoms. The first-order chi connectivity index (χ1) is 6.55. The van der Waals surface area contributed by atoms with Crippen molar-refractivity contribution in [3.63, 3.8) is 0 Å². The molecule has 0 spiro atoms. The van der Waals surface area contributed by atoms with Crippen molar-refractivity contribution in [3.05, 3.63) is 0 Å². The van der Waals surface area contributed by atoms with Crippen LogP contribution in [0.25, 0.3) is 0 Å². The summed E-state index contributed by atoms with van der Waals surface area (Å²) in [5.74, 6) is 0.557. The highest BCUT2D eigenvalue weighted by molar-refractivity contribution is 7.91. The molecule has 1 saturated heterocycles. The van der Waals surface area contributed by atoms with E-state index in [1.54, 1.807) is 6.92 Å². The second-order valence-corrected chi connectivity index (χ2v) is 6.30. The van der Waals surface area contributed by atoms with E-state index in [1.807, 2.05) is 0 Å². The maximum atomic E-state index is 11.3. The van der Waals surface area contributed by atoms with Crippen molar-refractivity contribution in [3.8, 4) is 0 Å². The van der Waals surface area contributed by atoms with Crippen LogP contribution in [-0.4, -0.2) is 57.0 Å². The third kappa shape index (κ3) is 5.15. The van der Waals surface area contributed by atoms with Gasteiger partial charge < -0.3 is 5.32 Å². The summed E-state index contributed by atoms with van der Waals surface area (Å²) in [5, 5.41) is 3.28. The lowest BCUT2D eigenvalue weighted by Gasteiger charge is -2.33. The zero-order chi connectivity index (χ0) is 10.6. The van der Waals surface area contributed by atoms with Crippen LogP contribution in [0.3, 0.4) is 0 Å². The van der Waals surface area contributed by atoms with Gasteiger partial charge in [-0.1, -0.05) is 6.92 Å². The van der Waals surface area contributed by atoms with E-state index in [-0.39, 0.29) is 18.2 Å². The SMILES string of the molecule is CCS(=O)(=O)CCN1CCNC[C@@H]1C.Cl. The van der Waals surface area contributed by atoms with E-state index in [0.717, 1.165) is 19.6 Å². The van der Waals surface area contributed by atoms with Gasteiger partial charge in [-0.3, -0.25) is 4.90 Å². The number of piperazine rings is 1. The lowest BCUT2D eigenvalue weighted by Crippen LogP contribution is -2.51. The monoisotopic (exact) mass is 256 g/mol. The Morgan fingerprint density at radius 2 is 2.13 bits per heavy atom. The number of hydrogen-bond acceptors (Lipinski definition) is 4. The molecule has 0 saturated carbocycles. The van der Waals surface area contributed by atoms with Gasteiger partial charge in [-0.15, -0.1) is 12.4 Å². The van der Waals surface area contributed by atoms with Crippen molar-refractivity contribution in [2.45, 2.75) is 19.9 Å². The van der Waals surface area contributed by atoms with Gasteiger partial charge in [0.2, 0.25) is 0 Å². The largest absolute Gasteiger partial charge is 0.314 e. The normalized spacial score (nSPS) is 23.5. The van der Waals surface area contributed by atoms with Crippen LogP contribution in [0, 0.1) is 0 Å². The molecule has 1 N–H and O–H groups in total. The molecule has 0 aromatic rings. The average molecular weight is 257 g/mol. The minimum atomic E-state index is -2.80. The molecule has 1 heterocycles. The maximum Gasteiger partial charge on any atom is 0.151 e. The number of hydrogen-bond donors (Lipinski definition) is 1. The van der Waals surface area contributed by atoms with Gasteiger partial charge in [0.15, 0.2) is 9.84 Å². The van der Waals surface area contributed by atoms with Crippen LogP contribution in [-0.2, 0) is 9.84 Å².